The molecule has 10 heteroatoms. The lowest BCUT2D eigenvalue weighted by atomic mass is 9.93. The van der Waals surface area contributed by atoms with E-state index in [1.165, 1.54) is 14.2 Å². The predicted octanol–water partition coefficient (Wildman–Crippen LogP) is 3.62. The largest absolute Gasteiger partial charge is 0.496 e. The van der Waals surface area contributed by atoms with Gasteiger partial charge in [-0.15, -0.1) is 0 Å². The van der Waals surface area contributed by atoms with Gasteiger partial charge < -0.3 is 19.5 Å². The molecule has 0 saturated carbocycles. The van der Waals surface area contributed by atoms with Crippen molar-refractivity contribution in [3.8, 4) is 5.75 Å². The number of carbonyl (C=O) groups excluding carboxylic acids is 3. The smallest absolute Gasteiger partial charge is 0.471 e. The number of hydrogen-bond donors (Lipinski definition) is 1. The molecular weight excluding hydrogens is 407 g/mol. The van der Waals surface area contributed by atoms with Gasteiger partial charge in [0.2, 0.25) is 0 Å². The fourth-order valence-corrected chi connectivity index (χ4v) is 3.15. The van der Waals surface area contributed by atoms with E-state index in [1.54, 1.807) is 19.9 Å². The minimum atomic E-state index is -5.14. The number of esters is 2. The molecule has 0 fully saturated rings. The highest BCUT2D eigenvalue weighted by molar-refractivity contribution is 6.07. The molecule has 0 aliphatic carbocycles. The van der Waals surface area contributed by atoms with Gasteiger partial charge in [0.15, 0.2) is 0 Å². The molecule has 2 rings (SSSR count). The first-order valence-electron chi connectivity index (χ1n) is 9.01. The van der Waals surface area contributed by atoms with Gasteiger partial charge in [0.1, 0.15) is 12.4 Å². The molecule has 30 heavy (non-hydrogen) atoms. The van der Waals surface area contributed by atoms with Crippen LogP contribution in [0.4, 0.5) is 18.9 Å². The molecule has 1 aromatic carbocycles. The van der Waals surface area contributed by atoms with E-state index in [0.29, 0.717) is 17.5 Å². The van der Waals surface area contributed by atoms with Crippen molar-refractivity contribution < 1.29 is 41.8 Å². The third-order valence-electron chi connectivity index (χ3n) is 4.78. The maximum Gasteiger partial charge on any atom is 0.471 e. The summed E-state index contributed by atoms with van der Waals surface area (Å²) in [6.07, 6.45) is -2.87. The van der Waals surface area contributed by atoms with Crippen LogP contribution < -0.4 is 10.1 Å². The molecule has 0 spiro atoms. The van der Waals surface area contributed by atoms with Gasteiger partial charge in [-0.05, 0) is 32.3 Å². The van der Waals surface area contributed by atoms with Crippen molar-refractivity contribution in [1.29, 1.82) is 0 Å². The molecule has 1 aliphatic rings. The Kier molecular flexibility index (Phi) is 7.12. The second-order valence-electron chi connectivity index (χ2n) is 6.72. The maximum absolute atomic E-state index is 12.9. The summed E-state index contributed by atoms with van der Waals surface area (Å²) in [6, 6.07) is 0. The summed E-state index contributed by atoms with van der Waals surface area (Å²) in [7, 11) is 2.62. The average molecular weight is 429 g/mol. The monoisotopic (exact) mass is 429 g/mol. The van der Waals surface area contributed by atoms with Gasteiger partial charge in [0.05, 0.1) is 25.5 Å². The number of allylic oxidation sites excluding steroid dienone is 2. The molecule has 164 valence electrons. The van der Waals surface area contributed by atoms with E-state index >= 15 is 0 Å². The number of nitrogens with one attached hydrogen (secondary N) is 1. The van der Waals surface area contributed by atoms with Gasteiger partial charge in [0.25, 0.3) is 0 Å². The molecule has 0 saturated heterocycles. The summed E-state index contributed by atoms with van der Waals surface area (Å²) in [4.78, 5) is 35.1. The van der Waals surface area contributed by atoms with Crippen LogP contribution in [-0.2, 0) is 32.1 Å². The van der Waals surface area contributed by atoms with E-state index in [4.69, 9.17) is 9.47 Å². The molecule has 0 unspecified atom stereocenters. The zero-order chi connectivity index (χ0) is 22.6. The van der Waals surface area contributed by atoms with Crippen molar-refractivity contribution >= 4 is 23.5 Å². The highest BCUT2D eigenvalue weighted by atomic mass is 19.4. The number of cyclic esters (lactones) is 1. The van der Waals surface area contributed by atoms with Gasteiger partial charge in [-0.2, -0.15) is 13.2 Å². The van der Waals surface area contributed by atoms with Gasteiger partial charge in [-0.25, -0.2) is 4.79 Å². The van der Waals surface area contributed by atoms with Crippen LogP contribution in [0.2, 0.25) is 0 Å². The van der Waals surface area contributed by atoms with Gasteiger partial charge in [-0.1, -0.05) is 11.6 Å². The molecule has 1 N–H and O–H groups in total. The molecule has 0 radical (unpaired) electrons. The molecule has 1 amide bonds. The highest BCUT2D eigenvalue weighted by Gasteiger charge is 2.41. The van der Waals surface area contributed by atoms with Crippen molar-refractivity contribution in [2.24, 2.45) is 0 Å². The van der Waals surface area contributed by atoms with Crippen LogP contribution in [0.3, 0.4) is 0 Å². The van der Waals surface area contributed by atoms with Crippen molar-refractivity contribution in [1.82, 2.24) is 0 Å². The number of halogens is 3. The minimum absolute atomic E-state index is 0.0606. The second kappa shape index (κ2) is 9.19. The molecule has 1 aromatic rings. The van der Waals surface area contributed by atoms with Crippen LogP contribution in [0, 0.1) is 6.92 Å². The lowest BCUT2D eigenvalue weighted by molar-refractivity contribution is -0.167. The quantitative estimate of drug-likeness (QED) is 0.526. The first kappa shape index (κ1) is 23.2. The topological polar surface area (TPSA) is 90.9 Å². The summed E-state index contributed by atoms with van der Waals surface area (Å²) in [5.41, 5.74) is 1.50. The maximum atomic E-state index is 12.9. The Morgan fingerprint density at radius 1 is 1.23 bits per heavy atom. The molecule has 7 nitrogen and oxygen atoms in total. The van der Waals surface area contributed by atoms with Crippen molar-refractivity contribution in [3.05, 3.63) is 33.9 Å². The molecule has 0 atom stereocenters. The fourth-order valence-electron chi connectivity index (χ4n) is 3.15. The van der Waals surface area contributed by atoms with E-state index < -0.39 is 24.0 Å². The number of amides is 1. The Labute approximate surface area is 171 Å². The lowest BCUT2D eigenvalue weighted by Gasteiger charge is -2.20. The Hall–Kier alpha value is -3.04. The number of carbonyl (C=O) groups is 3. The Morgan fingerprint density at radius 3 is 2.47 bits per heavy atom. The molecule has 0 bridgehead atoms. The van der Waals surface area contributed by atoms with Gasteiger partial charge >= 0.3 is 24.0 Å². The zero-order valence-corrected chi connectivity index (χ0v) is 17.0. The third kappa shape index (κ3) is 4.92. The molecule has 1 aliphatic heterocycles. The molecule has 1 heterocycles. The van der Waals surface area contributed by atoms with Crippen molar-refractivity contribution in [2.45, 2.75) is 45.9 Å². The summed E-state index contributed by atoms with van der Waals surface area (Å²) < 4.78 is 53.6. The van der Waals surface area contributed by atoms with E-state index in [0.717, 1.165) is 5.57 Å². The van der Waals surface area contributed by atoms with Crippen LogP contribution in [0.1, 0.15) is 46.8 Å². The van der Waals surface area contributed by atoms with Crippen LogP contribution in [0.15, 0.2) is 11.6 Å². The summed E-state index contributed by atoms with van der Waals surface area (Å²) >= 11 is 0. The second-order valence-corrected chi connectivity index (χ2v) is 6.72. The number of alkyl halides is 3. The van der Waals surface area contributed by atoms with Crippen molar-refractivity contribution in [2.75, 3.05) is 19.5 Å². The van der Waals surface area contributed by atoms with E-state index in [1.807, 2.05) is 5.32 Å². The van der Waals surface area contributed by atoms with E-state index in [2.05, 4.69) is 4.74 Å². The van der Waals surface area contributed by atoms with Gasteiger partial charge in [-0.3, -0.25) is 9.59 Å². The lowest BCUT2D eigenvalue weighted by Crippen LogP contribution is -2.31. The van der Waals surface area contributed by atoms with E-state index in [-0.39, 0.29) is 42.0 Å². The number of rotatable bonds is 7. The Bertz CT molecular complexity index is 905. The summed E-state index contributed by atoms with van der Waals surface area (Å²) in [6.45, 7) is 3.28. The fraction of sp³-hybridized carbons (Fsp3) is 0.450. The zero-order valence-electron chi connectivity index (χ0n) is 17.0. The Morgan fingerprint density at radius 2 is 1.90 bits per heavy atom. The predicted molar refractivity (Wildman–Crippen MR) is 100 cm³/mol. The van der Waals surface area contributed by atoms with Gasteiger partial charge in [0, 0.05) is 17.5 Å². The number of hydrogen-bond acceptors (Lipinski definition) is 6. The van der Waals surface area contributed by atoms with Crippen molar-refractivity contribution in [3.63, 3.8) is 0 Å². The molecular formula is C20H22F3NO6. The first-order valence-corrected chi connectivity index (χ1v) is 9.01. The standard InChI is InChI=1S/C20H22F3NO6/c1-10(6-8-14(25)28-3)5-7-12-16(24-19(27)20(21,22)23)15-13(9-30-18(15)26)11(2)17(12)29-4/h5H,6-9H2,1-4H3,(H,24,27). The first-order chi connectivity index (χ1) is 14.0. The molecule has 0 aromatic heterocycles. The van der Waals surface area contributed by atoms with Crippen LogP contribution in [-0.4, -0.2) is 38.2 Å². The summed E-state index contributed by atoms with van der Waals surface area (Å²) in [5.74, 6) is -3.17. The summed E-state index contributed by atoms with van der Waals surface area (Å²) in [5, 5.41) is 1.82. The van der Waals surface area contributed by atoms with Crippen LogP contribution in [0.25, 0.3) is 0 Å². The number of fused-ring (bicyclic) bond motifs is 1. The number of methoxy groups -OCH3 is 2. The third-order valence-corrected chi connectivity index (χ3v) is 4.78. The highest BCUT2D eigenvalue weighted by Crippen LogP contribution is 2.42. The Balaban J connectivity index is 2.52. The van der Waals surface area contributed by atoms with Crippen LogP contribution >= 0.6 is 0 Å². The normalized spacial score (nSPS) is 13.6. The number of ether oxygens (including phenoxy) is 3. The number of anilines is 1. The minimum Gasteiger partial charge on any atom is -0.496 e. The number of benzene rings is 1. The SMILES string of the molecule is COC(=O)CCC(C)=CCc1c(NC(=O)C(F)(F)F)c2c(c(C)c1OC)COC2=O. The average Bonchev–Trinajstić information content (AvgIpc) is 3.07. The van der Waals surface area contributed by atoms with Crippen LogP contribution in [0.5, 0.6) is 5.75 Å². The van der Waals surface area contributed by atoms with E-state index in [9.17, 15) is 27.6 Å².